The molecule has 1 aliphatic carbocycles. The van der Waals surface area contributed by atoms with Crippen LogP contribution in [0.1, 0.15) is 25.7 Å². The third-order valence-corrected chi connectivity index (χ3v) is 4.94. The van der Waals surface area contributed by atoms with Crippen LogP contribution in [0.5, 0.6) is 5.75 Å². The number of benzene rings is 1. The molecule has 0 saturated heterocycles. The molecule has 3 rings (SSSR count). The standard InChI is InChI=1S/C16H20N4O2S/c1-20-15(18-19-16(20)23-10-14(17)21)11-6-8-13(9-7-11)22-12-4-2-3-5-12/h6-9,12H,2-5,10H2,1H3,(H2,17,21). The molecule has 0 atom stereocenters. The van der Waals surface area contributed by atoms with E-state index in [4.69, 9.17) is 10.5 Å². The molecule has 0 spiro atoms. The Morgan fingerprint density at radius 2 is 2.00 bits per heavy atom. The second-order valence-corrected chi connectivity index (χ2v) is 6.61. The van der Waals surface area contributed by atoms with Crippen LogP contribution >= 0.6 is 11.8 Å². The van der Waals surface area contributed by atoms with E-state index in [1.54, 1.807) is 0 Å². The predicted octanol–water partition coefficient (Wildman–Crippen LogP) is 2.38. The maximum atomic E-state index is 10.9. The Balaban J connectivity index is 1.70. The van der Waals surface area contributed by atoms with Gasteiger partial charge in [-0.05, 0) is 49.9 Å². The lowest BCUT2D eigenvalue weighted by atomic mass is 10.2. The van der Waals surface area contributed by atoms with Crippen LogP contribution < -0.4 is 10.5 Å². The molecule has 0 radical (unpaired) electrons. The van der Waals surface area contributed by atoms with E-state index in [1.165, 1.54) is 24.6 Å². The van der Waals surface area contributed by atoms with Crippen molar-refractivity contribution in [1.82, 2.24) is 14.8 Å². The smallest absolute Gasteiger partial charge is 0.227 e. The number of amides is 1. The number of primary amides is 1. The number of nitrogens with two attached hydrogens (primary N) is 1. The van der Waals surface area contributed by atoms with Crippen molar-refractivity contribution in [2.75, 3.05) is 5.75 Å². The van der Waals surface area contributed by atoms with E-state index >= 15 is 0 Å². The number of carbonyl (C=O) groups is 1. The third kappa shape index (κ3) is 3.85. The number of carbonyl (C=O) groups excluding carboxylic acids is 1. The molecule has 2 aromatic rings. The fourth-order valence-corrected chi connectivity index (χ4v) is 3.36. The summed E-state index contributed by atoms with van der Waals surface area (Å²) in [6, 6.07) is 7.91. The summed E-state index contributed by atoms with van der Waals surface area (Å²) in [6.07, 6.45) is 5.16. The van der Waals surface area contributed by atoms with Crippen LogP contribution in [-0.2, 0) is 11.8 Å². The number of rotatable bonds is 6. The molecule has 1 aromatic carbocycles. The molecule has 1 saturated carbocycles. The Labute approximate surface area is 139 Å². The van der Waals surface area contributed by atoms with E-state index < -0.39 is 0 Å². The molecule has 7 heteroatoms. The van der Waals surface area contributed by atoms with Gasteiger partial charge in [-0.1, -0.05) is 11.8 Å². The Kier molecular flexibility index (Phi) is 4.85. The van der Waals surface area contributed by atoms with Gasteiger partial charge in [0.05, 0.1) is 11.9 Å². The van der Waals surface area contributed by atoms with Crippen molar-refractivity contribution >= 4 is 17.7 Å². The van der Waals surface area contributed by atoms with E-state index in [0.29, 0.717) is 11.3 Å². The van der Waals surface area contributed by atoms with E-state index in [2.05, 4.69) is 10.2 Å². The van der Waals surface area contributed by atoms with Crippen molar-refractivity contribution in [2.24, 2.45) is 12.8 Å². The van der Waals surface area contributed by atoms with Gasteiger partial charge >= 0.3 is 0 Å². The zero-order chi connectivity index (χ0) is 16.2. The second-order valence-electron chi connectivity index (χ2n) is 5.67. The number of nitrogens with zero attached hydrogens (tertiary/aromatic N) is 3. The van der Waals surface area contributed by atoms with Crippen molar-refractivity contribution in [1.29, 1.82) is 0 Å². The lowest BCUT2D eigenvalue weighted by molar-refractivity contribution is -0.115. The Bertz CT molecular complexity index is 678. The minimum absolute atomic E-state index is 0.195. The predicted molar refractivity (Wildman–Crippen MR) is 89.2 cm³/mol. The highest BCUT2D eigenvalue weighted by molar-refractivity contribution is 7.99. The first kappa shape index (κ1) is 15.9. The summed E-state index contributed by atoms with van der Waals surface area (Å²) in [4.78, 5) is 10.9. The minimum atomic E-state index is -0.368. The Morgan fingerprint density at radius 1 is 1.30 bits per heavy atom. The van der Waals surface area contributed by atoms with Gasteiger partial charge in [0.2, 0.25) is 5.91 Å². The van der Waals surface area contributed by atoms with Gasteiger partial charge in [0, 0.05) is 12.6 Å². The lowest BCUT2D eigenvalue weighted by Crippen LogP contribution is -2.13. The van der Waals surface area contributed by atoms with Crippen LogP contribution in [-0.4, -0.2) is 32.5 Å². The molecule has 122 valence electrons. The quantitative estimate of drug-likeness (QED) is 0.821. The number of hydrogen-bond acceptors (Lipinski definition) is 5. The summed E-state index contributed by atoms with van der Waals surface area (Å²) < 4.78 is 7.83. The topological polar surface area (TPSA) is 83.0 Å². The van der Waals surface area contributed by atoms with E-state index in [1.807, 2.05) is 35.9 Å². The maximum absolute atomic E-state index is 10.9. The molecule has 1 aliphatic rings. The van der Waals surface area contributed by atoms with Crippen molar-refractivity contribution in [3.63, 3.8) is 0 Å². The molecule has 0 bridgehead atoms. The van der Waals surface area contributed by atoms with Crippen molar-refractivity contribution in [3.8, 4) is 17.1 Å². The summed E-state index contributed by atoms with van der Waals surface area (Å²) in [7, 11) is 1.88. The van der Waals surface area contributed by atoms with Crippen LogP contribution in [0.3, 0.4) is 0 Å². The van der Waals surface area contributed by atoms with E-state index in [9.17, 15) is 4.79 Å². The molecule has 1 fully saturated rings. The zero-order valence-electron chi connectivity index (χ0n) is 13.1. The van der Waals surface area contributed by atoms with Gasteiger partial charge in [0.25, 0.3) is 0 Å². The van der Waals surface area contributed by atoms with Gasteiger partial charge < -0.3 is 15.0 Å². The summed E-state index contributed by atoms with van der Waals surface area (Å²) in [5.41, 5.74) is 6.12. The number of ether oxygens (including phenoxy) is 1. The number of thioether (sulfide) groups is 1. The summed E-state index contributed by atoms with van der Waals surface area (Å²) in [5, 5.41) is 8.97. The molecular weight excluding hydrogens is 312 g/mol. The molecule has 1 heterocycles. The van der Waals surface area contributed by atoms with Gasteiger partial charge in [-0.25, -0.2) is 0 Å². The molecule has 1 aromatic heterocycles. The fourth-order valence-electron chi connectivity index (χ4n) is 2.71. The highest BCUT2D eigenvalue weighted by Crippen LogP contribution is 2.27. The van der Waals surface area contributed by atoms with Crippen LogP contribution in [0.2, 0.25) is 0 Å². The second kappa shape index (κ2) is 7.04. The average Bonchev–Trinajstić information content (AvgIpc) is 3.16. The number of hydrogen-bond donors (Lipinski definition) is 1. The minimum Gasteiger partial charge on any atom is -0.490 e. The highest BCUT2D eigenvalue weighted by atomic mass is 32.2. The summed E-state index contributed by atoms with van der Waals surface area (Å²) >= 11 is 1.29. The molecule has 6 nitrogen and oxygen atoms in total. The zero-order valence-corrected chi connectivity index (χ0v) is 13.9. The van der Waals surface area contributed by atoms with E-state index in [-0.39, 0.29) is 11.7 Å². The third-order valence-electron chi connectivity index (χ3n) is 3.90. The van der Waals surface area contributed by atoms with Crippen molar-refractivity contribution < 1.29 is 9.53 Å². The molecular formula is C16H20N4O2S. The largest absolute Gasteiger partial charge is 0.490 e. The van der Waals surface area contributed by atoms with E-state index in [0.717, 1.165) is 30.0 Å². The first-order chi connectivity index (χ1) is 11.1. The summed E-state index contributed by atoms with van der Waals surface area (Å²) in [6.45, 7) is 0. The summed E-state index contributed by atoms with van der Waals surface area (Å²) in [5.74, 6) is 1.48. The molecule has 2 N–H and O–H groups in total. The molecule has 1 amide bonds. The fraction of sp³-hybridized carbons (Fsp3) is 0.438. The van der Waals surface area contributed by atoms with Crippen LogP contribution in [0.15, 0.2) is 29.4 Å². The SMILES string of the molecule is Cn1c(SCC(N)=O)nnc1-c1ccc(OC2CCCC2)cc1. The van der Waals surface area contributed by atoms with Crippen molar-refractivity contribution in [3.05, 3.63) is 24.3 Å². The van der Waals surface area contributed by atoms with Crippen LogP contribution in [0.25, 0.3) is 11.4 Å². The van der Waals surface area contributed by atoms with Crippen LogP contribution in [0.4, 0.5) is 0 Å². The van der Waals surface area contributed by atoms with Crippen molar-refractivity contribution in [2.45, 2.75) is 36.9 Å². The molecule has 23 heavy (non-hydrogen) atoms. The van der Waals surface area contributed by atoms with Gasteiger partial charge in [-0.15, -0.1) is 10.2 Å². The monoisotopic (exact) mass is 332 g/mol. The molecule has 0 unspecified atom stereocenters. The Morgan fingerprint density at radius 3 is 2.65 bits per heavy atom. The van der Waals surface area contributed by atoms with Gasteiger partial charge in [0.15, 0.2) is 11.0 Å². The van der Waals surface area contributed by atoms with Crippen LogP contribution in [0, 0.1) is 0 Å². The van der Waals surface area contributed by atoms with Gasteiger partial charge in [0.1, 0.15) is 5.75 Å². The van der Waals surface area contributed by atoms with Gasteiger partial charge in [-0.3, -0.25) is 4.79 Å². The normalized spacial score (nSPS) is 15.0. The van der Waals surface area contributed by atoms with Gasteiger partial charge in [-0.2, -0.15) is 0 Å². The Hall–Kier alpha value is -2.02. The first-order valence-corrected chi connectivity index (χ1v) is 8.69. The first-order valence-electron chi connectivity index (χ1n) is 7.71. The lowest BCUT2D eigenvalue weighted by Gasteiger charge is -2.13. The molecule has 0 aliphatic heterocycles. The number of aromatic nitrogens is 3. The average molecular weight is 332 g/mol. The maximum Gasteiger partial charge on any atom is 0.227 e. The highest BCUT2D eigenvalue weighted by Gasteiger charge is 2.17.